The van der Waals surface area contributed by atoms with Gasteiger partial charge in [0.15, 0.2) is 0 Å². The molecule has 18 heavy (non-hydrogen) atoms. The Kier molecular flexibility index (Phi) is 2.51. The number of H-pyrrole nitrogens is 1. The van der Waals surface area contributed by atoms with Gasteiger partial charge >= 0.3 is 0 Å². The average molecular weight is 244 g/mol. The molecule has 3 nitrogen and oxygen atoms in total. The van der Waals surface area contributed by atoms with E-state index in [2.05, 4.69) is 9.97 Å². The SMILES string of the molecule is Cc1ccc(F)cc1-c1nc(C2CC2)cc(=O)[nH]1. The molecular formula is C14H13FN2O. The molecular weight excluding hydrogens is 231 g/mol. The number of hydrogen-bond acceptors (Lipinski definition) is 2. The predicted molar refractivity (Wildman–Crippen MR) is 67.0 cm³/mol. The largest absolute Gasteiger partial charge is 0.307 e. The first kappa shape index (κ1) is 11.1. The normalized spacial score (nSPS) is 14.8. The highest BCUT2D eigenvalue weighted by Gasteiger charge is 2.26. The summed E-state index contributed by atoms with van der Waals surface area (Å²) >= 11 is 0. The van der Waals surface area contributed by atoms with Crippen molar-refractivity contribution in [2.24, 2.45) is 0 Å². The molecule has 1 aliphatic rings. The van der Waals surface area contributed by atoms with Crippen LogP contribution in [0.15, 0.2) is 29.1 Å². The van der Waals surface area contributed by atoms with E-state index in [-0.39, 0.29) is 11.4 Å². The predicted octanol–water partition coefficient (Wildman–Crippen LogP) is 2.76. The Hall–Kier alpha value is -1.97. The van der Waals surface area contributed by atoms with Crippen LogP contribution in [0.4, 0.5) is 4.39 Å². The summed E-state index contributed by atoms with van der Waals surface area (Å²) in [6.07, 6.45) is 2.16. The summed E-state index contributed by atoms with van der Waals surface area (Å²) in [5.74, 6) is 0.538. The Morgan fingerprint density at radius 1 is 1.33 bits per heavy atom. The summed E-state index contributed by atoms with van der Waals surface area (Å²) in [5.41, 5.74) is 2.19. The Morgan fingerprint density at radius 3 is 2.83 bits per heavy atom. The average Bonchev–Trinajstić information content (AvgIpc) is 3.15. The maximum atomic E-state index is 13.3. The minimum absolute atomic E-state index is 0.175. The summed E-state index contributed by atoms with van der Waals surface area (Å²) in [7, 11) is 0. The van der Waals surface area contributed by atoms with E-state index in [4.69, 9.17) is 0 Å². The van der Waals surface area contributed by atoms with Gasteiger partial charge in [0, 0.05) is 17.5 Å². The number of halogens is 1. The highest BCUT2D eigenvalue weighted by atomic mass is 19.1. The van der Waals surface area contributed by atoms with E-state index in [1.165, 1.54) is 18.2 Å². The molecule has 1 aliphatic carbocycles. The third kappa shape index (κ3) is 2.06. The van der Waals surface area contributed by atoms with Gasteiger partial charge in [-0.05, 0) is 37.5 Å². The van der Waals surface area contributed by atoms with Crippen LogP contribution in [-0.4, -0.2) is 9.97 Å². The van der Waals surface area contributed by atoms with Crippen molar-refractivity contribution < 1.29 is 4.39 Å². The molecule has 4 heteroatoms. The van der Waals surface area contributed by atoms with Gasteiger partial charge in [0.1, 0.15) is 11.6 Å². The molecule has 1 saturated carbocycles. The minimum Gasteiger partial charge on any atom is -0.307 e. The molecule has 0 aliphatic heterocycles. The summed E-state index contributed by atoms with van der Waals surface area (Å²) < 4.78 is 13.3. The Bertz CT molecular complexity index is 659. The number of rotatable bonds is 2. The molecule has 1 heterocycles. The zero-order valence-corrected chi connectivity index (χ0v) is 10.0. The molecule has 2 aromatic rings. The van der Waals surface area contributed by atoms with Crippen LogP contribution in [0.1, 0.15) is 30.0 Å². The number of nitrogens with zero attached hydrogens (tertiary/aromatic N) is 1. The second-order valence-corrected chi connectivity index (χ2v) is 4.75. The molecule has 0 radical (unpaired) electrons. The van der Waals surface area contributed by atoms with Gasteiger partial charge < -0.3 is 4.98 Å². The zero-order chi connectivity index (χ0) is 12.7. The molecule has 92 valence electrons. The van der Waals surface area contributed by atoms with Crippen LogP contribution in [-0.2, 0) is 0 Å². The van der Waals surface area contributed by atoms with Crippen LogP contribution >= 0.6 is 0 Å². The molecule has 1 fully saturated rings. The highest BCUT2D eigenvalue weighted by Crippen LogP contribution is 2.38. The molecule has 0 saturated heterocycles. The Morgan fingerprint density at radius 2 is 2.11 bits per heavy atom. The van der Waals surface area contributed by atoms with Crippen LogP contribution < -0.4 is 5.56 Å². The molecule has 0 bridgehead atoms. The van der Waals surface area contributed by atoms with Gasteiger partial charge in [0.2, 0.25) is 0 Å². The molecule has 0 amide bonds. The molecule has 1 N–H and O–H groups in total. The molecule has 0 unspecified atom stereocenters. The lowest BCUT2D eigenvalue weighted by Gasteiger charge is -2.06. The highest BCUT2D eigenvalue weighted by molar-refractivity contribution is 5.59. The van der Waals surface area contributed by atoms with Crippen molar-refractivity contribution in [1.82, 2.24) is 9.97 Å². The fourth-order valence-electron chi connectivity index (χ4n) is 2.04. The van der Waals surface area contributed by atoms with E-state index in [0.717, 1.165) is 24.1 Å². The van der Waals surface area contributed by atoms with Gasteiger partial charge in [0.25, 0.3) is 5.56 Å². The summed E-state index contributed by atoms with van der Waals surface area (Å²) in [6.45, 7) is 1.87. The van der Waals surface area contributed by atoms with E-state index >= 15 is 0 Å². The van der Waals surface area contributed by atoms with E-state index in [1.807, 2.05) is 6.92 Å². The van der Waals surface area contributed by atoms with Crippen molar-refractivity contribution in [2.45, 2.75) is 25.7 Å². The van der Waals surface area contributed by atoms with Crippen LogP contribution in [0.25, 0.3) is 11.4 Å². The minimum atomic E-state index is -0.324. The quantitative estimate of drug-likeness (QED) is 0.882. The van der Waals surface area contributed by atoms with Crippen molar-refractivity contribution in [3.63, 3.8) is 0 Å². The van der Waals surface area contributed by atoms with E-state index in [0.29, 0.717) is 17.3 Å². The zero-order valence-electron chi connectivity index (χ0n) is 10.0. The fourth-order valence-corrected chi connectivity index (χ4v) is 2.04. The Labute approximate surface area is 104 Å². The molecule has 0 spiro atoms. The van der Waals surface area contributed by atoms with Gasteiger partial charge in [-0.1, -0.05) is 6.07 Å². The standard InChI is InChI=1S/C14H13FN2O/c1-8-2-5-10(15)6-11(8)14-16-12(9-3-4-9)7-13(18)17-14/h2,5-7,9H,3-4H2,1H3,(H,16,17,18). The lowest BCUT2D eigenvalue weighted by Crippen LogP contribution is -2.10. The van der Waals surface area contributed by atoms with Crippen LogP contribution in [0.5, 0.6) is 0 Å². The van der Waals surface area contributed by atoms with Gasteiger partial charge in [-0.25, -0.2) is 9.37 Å². The first-order valence-electron chi connectivity index (χ1n) is 6.01. The summed E-state index contributed by atoms with van der Waals surface area (Å²) in [5, 5.41) is 0. The number of aryl methyl sites for hydroxylation is 1. The van der Waals surface area contributed by atoms with Crippen LogP contribution in [0.2, 0.25) is 0 Å². The molecule has 1 aromatic heterocycles. The van der Waals surface area contributed by atoms with Gasteiger partial charge in [-0.15, -0.1) is 0 Å². The number of aromatic amines is 1. The second-order valence-electron chi connectivity index (χ2n) is 4.75. The maximum Gasteiger partial charge on any atom is 0.251 e. The van der Waals surface area contributed by atoms with Crippen molar-refractivity contribution >= 4 is 0 Å². The topological polar surface area (TPSA) is 45.8 Å². The van der Waals surface area contributed by atoms with Gasteiger partial charge in [-0.3, -0.25) is 4.79 Å². The Balaban J connectivity index is 2.15. The van der Waals surface area contributed by atoms with E-state index in [1.54, 1.807) is 6.07 Å². The maximum absolute atomic E-state index is 13.3. The van der Waals surface area contributed by atoms with E-state index in [9.17, 15) is 9.18 Å². The van der Waals surface area contributed by atoms with Crippen LogP contribution in [0, 0.1) is 12.7 Å². The van der Waals surface area contributed by atoms with Crippen molar-refractivity contribution in [3.05, 3.63) is 51.7 Å². The smallest absolute Gasteiger partial charge is 0.251 e. The van der Waals surface area contributed by atoms with Crippen LogP contribution in [0.3, 0.4) is 0 Å². The summed E-state index contributed by atoms with van der Waals surface area (Å²) in [6, 6.07) is 6.04. The lowest BCUT2D eigenvalue weighted by molar-refractivity contribution is 0.627. The van der Waals surface area contributed by atoms with E-state index < -0.39 is 0 Å². The number of hydrogen-bond donors (Lipinski definition) is 1. The first-order valence-corrected chi connectivity index (χ1v) is 6.01. The number of aromatic nitrogens is 2. The third-order valence-corrected chi connectivity index (χ3v) is 3.21. The monoisotopic (exact) mass is 244 g/mol. The number of benzene rings is 1. The number of nitrogens with one attached hydrogen (secondary N) is 1. The van der Waals surface area contributed by atoms with Crippen molar-refractivity contribution in [3.8, 4) is 11.4 Å². The summed E-state index contributed by atoms with van der Waals surface area (Å²) in [4.78, 5) is 18.8. The van der Waals surface area contributed by atoms with Gasteiger partial charge in [-0.2, -0.15) is 0 Å². The van der Waals surface area contributed by atoms with Gasteiger partial charge in [0.05, 0.1) is 5.69 Å². The fraction of sp³-hybridized carbons (Fsp3) is 0.286. The lowest BCUT2D eigenvalue weighted by atomic mass is 10.1. The van der Waals surface area contributed by atoms with Crippen molar-refractivity contribution in [2.75, 3.05) is 0 Å². The third-order valence-electron chi connectivity index (χ3n) is 3.21. The first-order chi connectivity index (χ1) is 8.63. The second kappa shape index (κ2) is 4.05. The van der Waals surface area contributed by atoms with Crippen molar-refractivity contribution in [1.29, 1.82) is 0 Å². The molecule has 0 atom stereocenters. The molecule has 1 aromatic carbocycles. The molecule has 3 rings (SSSR count).